The largest absolute Gasteiger partial charge is 0.497 e. The molecule has 0 aliphatic heterocycles. The number of anilines is 2. The lowest BCUT2D eigenvalue weighted by atomic mass is 10.1. The van der Waals surface area contributed by atoms with Crippen molar-refractivity contribution >= 4 is 40.2 Å². The molecule has 0 atom stereocenters. The predicted molar refractivity (Wildman–Crippen MR) is 88.4 cm³/mol. The average Bonchev–Trinajstić information content (AvgIpc) is 2.43. The second-order valence-electron chi connectivity index (χ2n) is 4.31. The molecule has 20 heavy (non-hydrogen) atoms. The number of nitrogens with one attached hydrogen (secondary N) is 1. The molecule has 0 spiro atoms. The number of thiocarbonyl (C=S) groups is 1. The lowest BCUT2D eigenvalue weighted by Gasteiger charge is -2.15. The minimum atomic E-state index is 0.329. The van der Waals surface area contributed by atoms with Crippen molar-refractivity contribution < 1.29 is 4.74 Å². The first-order valence-corrected chi connectivity index (χ1v) is 6.81. The van der Waals surface area contributed by atoms with Crippen molar-refractivity contribution in [2.45, 2.75) is 6.92 Å². The SMILES string of the molecule is COc1ccc(C(N)=S)c(Nc2cccc(Cl)c2C)c1. The lowest BCUT2D eigenvalue weighted by molar-refractivity contribution is 0.415. The molecule has 0 fully saturated rings. The summed E-state index contributed by atoms with van der Waals surface area (Å²) in [6.07, 6.45) is 0. The van der Waals surface area contributed by atoms with E-state index in [0.29, 0.717) is 10.0 Å². The van der Waals surface area contributed by atoms with Crippen molar-refractivity contribution in [3.8, 4) is 5.75 Å². The normalized spacial score (nSPS) is 10.2. The van der Waals surface area contributed by atoms with Crippen LogP contribution >= 0.6 is 23.8 Å². The Bertz CT molecular complexity index is 658. The summed E-state index contributed by atoms with van der Waals surface area (Å²) >= 11 is 11.2. The van der Waals surface area contributed by atoms with E-state index in [9.17, 15) is 0 Å². The predicted octanol–water partition coefficient (Wildman–Crippen LogP) is 4.03. The van der Waals surface area contributed by atoms with E-state index in [1.165, 1.54) is 0 Å². The van der Waals surface area contributed by atoms with Crippen molar-refractivity contribution in [2.75, 3.05) is 12.4 Å². The number of hydrogen-bond acceptors (Lipinski definition) is 3. The van der Waals surface area contributed by atoms with Gasteiger partial charge in [0.2, 0.25) is 0 Å². The molecule has 3 nitrogen and oxygen atoms in total. The van der Waals surface area contributed by atoms with Gasteiger partial charge >= 0.3 is 0 Å². The van der Waals surface area contributed by atoms with Crippen LogP contribution in [0.25, 0.3) is 0 Å². The van der Waals surface area contributed by atoms with Gasteiger partial charge in [-0.25, -0.2) is 0 Å². The molecule has 0 unspecified atom stereocenters. The maximum absolute atomic E-state index is 6.13. The highest BCUT2D eigenvalue weighted by Crippen LogP contribution is 2.30. The maximum atomic E-state index is 6.13. The molecule has 0 heterocycles. The smallest absolute Gasteiger partial charge is 0.120 e. The monoisotopic (exact) mass is 306 g/mol. The van der Waals surface area contributed by atoms with Crippen molar-refractivity contribution in [3.63, 3.8) is 0 Å². The zero-order chi connectivity index (χ0) is 14.7. The quantitative estimate of drug-likeness (QED) is 0.837. The van der Waals surface area contributed by atoms with Gasteiger partial charge in [0.15, 0.2) is 0 Å². The molecule has 0 amide bonds. The Kier molecular flexibility index (Phi) is 4.47. The molecule has 0 bridgehead atoms. The molecular weight excluding hydrogens is 292 g/mol. The Balaban J connectivity index is 2.46. The van der Waals surface area contributed by atoms with E-state index < -0.39 is 0 Å². The second kappa shape index (κ2) is 6.11. The molecular formula is C15H15ClN2OS. The fourth-order valence-corrected chi connectivity index (χ4v) is 2.21. The summed E-state index contributed by atoms with van der Waals surface area (Å²) in [5, 5.41) is 4.01. The molecule has 0 aliphatic carbocycles. The van der Waals surface area contributed by atoms with Crippen molar-refractivity contribution in [3.05, 3.63) is 52.5 Å². The van der Waals surface area contributed by atoms with E-state index in [-0.39, 0.29) is 0 Å². The van der Waals surface area contributed by atoms with Crippen LogP contribution in [0.2, 0.25) is 5.02 Å². The lowest BCUT2D eigenvalue weighted by Crippen LogP contribution is -2.12. The van der Waals surface area contributed by atoms with E-state index in [2.05, 4.69) is 5.32 Å². The summed E-state index contributed by atoms with van der Waals surface area (Å²) in [6.45, 7) is 1.95. The maximum Gasteiger partial charge on any atom is 0.120 e. The van der Waals surface area contributed by atoms with Gasteiger partial charge in [0.1, 0.15) is 10.7 Å². The summed E-state index contributed by atoms with van der Waals surface area (Å²) in [7, 11) is 1.62. The third-order valence-corrected chi connectivity index (χ3v) is 3.66. The molecule has 0 saturated carbocycles. The van der Waals surface area contributed by atoms with Crippen LogP contribution < -0.4 is 15.8 Å². The molecule has 5 heteroatoms. The Morgan fingerprint density at radius 3 is 2.65 bits per heavy atom. The number of nitrogens with two attached hydrogens (primary N) is 1. The highest BCUT2D eigenvalue weighted by atomic mass is 35.5. The van der Waals surface area contributed by atoms with Crippen LogP contribution in [0.5, 0.6) is 5.75 Å². The van der Waals surface area contributed by atoms with E-state index in [0.717, 1.165) is 28.3 Å². The Morgan fingerprint density at radius 2 is 2.00 bits per heavy atom. The molecule has 0 aromatic heterocycles. The third kappa shape index (κ3) is 3.03. The highest BCUT2D eigenvalue weighted by molar-refractivity contribution is 7.80. The second-order valence-corrected chi connectivity index (χ2v) is 5.16. The van der Waals surface area contributed by atoms with Gasteiger partial charge in [0.25, 0.3) is 0 Å². The van der Waals surface area contributed by atoms with Crippen LogP contribution in [-0.2, 0) is 0 Å². The van der Waals surface area contributed by atoms with Crippen LogP contribution in [-0.4, -0.2) is 12.1 Å². The number of benzene rings is 2. The minimum Gasteiger partial charge on any atom is -0.497 e. The fourth-order valence-electron chi connectivity index (χ4n) is 1.86. The van der Waals surface area contributed by atoms with Gasteiger partial charge in [0, 0.05) is 22.3 Å². The van der Waals surface area contributed by atoms with E-state index in [1.807, 2.05) is 43.3 Å². The van der Waals surface area contributed by atoms with Gasteiger partial charge < -0.3 is 15.8 Å². The Labute approximate surface area is 128 Å². The first-order valence-electron chi connectivity index (χ1n) is 6.03. The summed E-state index contributed by atoms with van der Waals surface area (Å²) in [5.41, 5.74) is 9.18. The van der Waals surface area contributed by atoms with Gasteiger partial charge in [-0.1, -0.05) is 29.9 Å². The van der Waals surface area contributed by atoms with Crippen LogP contribution in [0, 0.1) is 6.92 Å². The Morgan fingerprint density at radius 1 is 1.25 bits per heavy atom. The first-order chi connectivity index (χ1) is 9.52. The Hall–Kier alpha value is -1.78. The number of hydrogen-bond donors (Lipinski definition) is 2. The van der Waals surface area contributed by atoms with Gasteiger partial charge in [-0.15, -0.1) is 0 Å². The fraction of sp³-hybridized carbons (Fsp3) is 0.133. The third-order valence-electron chi connectivity index (χ3n) is 3.03. The molecule has 3 N–H and O–H groups in total. The summed E-state index contributed by atoms with van der Waals surface area (Å²) in [5.74, 6) is 0.729. The van der Waals surface area contributed by atoms with Crippen molar-refractivity contribution in [2.24, 2.45) is 5.73 Å². The molecule has 104 valence electrons. The standard InChI is InChI=1S/C15H15ClN2OS/c1-9-12(16)4-3-5-13(9)18-14-8-10(19-2)6-7-11(14)15(17)20/h3-8,18H,1-2H3,(H2,17,20). The molecule has 2 rings (SSSR count). The van der Waals surface area contributed by atoms with Gasteiger partial charge in [0.05, 0.1) is 12.8 Å². The number of rotatable bonds is 4. The van der Waals surface area contributed by atoms with Crippen molar-refractivity contribution in [1.82, 2.24) is 0 Å². The summed E-state index contributed by atoms with van der Waals surface area (Å²) in [6, 6.07) is 11.2. The van der Waals surface area contributed by atoms with Gasteiger partial charge in [-0.2, -0.15) is 0 Å². The van der Waals surface area contributed by atoms with Crippen molar-refractivity contribution in [1.29, 1.82) is 0 Å². The number of halogens is 1. The number of methoxy groups -OCH3 is 1. The first kappa shape index (κ1) is 14.6. The molecule has 0 radical (unpaired) electrons. The van der Waals surface area contributed by atoms with E-state index in [1.54, 1.807) is 7.11 Å². The minimum absolute atomic E-state index is 0.329. The van der Waals surface area contributed by atoms with Gasteiger partial charge in [-0.3, -0.25) is 0 Å². The van der Waals surface area contributed by atoms with E-state index in [4.69, 9.17) is 34.3 Å². The zero-order valence-electron chi connectivity index (χ0n) is 11.2. The zero-order valence-corrected chi connectivity index (χ0v) is 12.8. The molecule has 2 aromatic carbocycles. The number of ether oxygens (including phenoxy) is 1. The molecule has 2 aromatic rings. The van der Waals surface area contributed by atoms with Crippen LogP contribution in [0.15, 0.2) is 36.4 Å². The van der Waals surface area contributed by atoms with Gasteiger partial charge in [-0.05, 0) is 36.8 Å². The molecule has 0 saturated heterocycles. The summed E-state index contributed by atoms with van der Waals surface area (Å²) in [4.78, 5) is 0.329. The van der Waals surface area contributed by atoms with E-state index >= 15 is 0 Å². The highest BCUT2D eigenvalue weighted by Gasteiger charge is 2.09. The molecule has 0 aliphatic rings. The van der Waals surface area contributed by atoms with Crippen LogP contribution in [0.4, 0.5) is 11.4 Å². The van der Waals surface area contributed by atoms with Crippen LogP contribution in [0.1, 0.15) is 11.1 Å². The summed E-state index contributed by atoms with van der Waals surface area (Å²) < 4.78 is 5.23. The topological polar surface area (TPSA) is 47.3 Å². The average molecular weight is 307 g/mol. The van der Waals surface area contributed by atoms with Crippen LogP contribution in [0.3, 0.4) is 0 Å².